The molecule has 1 saturated heterocycles. The van der Waals surface area contributed by atoms with Crippen molar-refractivity contribution in [1.82, 2.24) is 9.21 Å². The first-order valence-electron chi connectivity index (χ1n) is 9.43. The molecule has 0 amide bonds. The van der Waals surface area contributed by atoms with Gasteiger partial charge >= 0.3 is 0 Å². The van der Waals surface area contributed by atoms with E-state index in [1.807, 2.05) is 11.3 Å². The summed E-state index contributed by atoms with van der Waals surface area (Å²) < 4.78 is 27.5. The standard InChI is InChI=1S/C18H28N2O2S2/c21-24(22,17-4-2-1-3-5-17)20-11-6-16(7-12-20)19-10-8-18-15(14-19)9-13-23-18/h9,13,16-17H,1-8,10-12,14H2. The lowest BCUT2D eigenvalue weighted by molar-refractivity contribution is 0.126. The third-order valence-corrected chi connectivity index (χ3v) is 9.53. The highest BCUT2D eigenvalue weighted by Crippen LogP contribution is 2.31. The number of rotatable bonds is 3. The molecule has 6 heteroatoms. The van der Waals surface area contributed by atoms with Gasteiger partial charge in [0.2, 0.25) is 10.0 Å². The molecule has 3 aliphatic rings. The van der Waals surface area contributed by atoms with Crippen molar-refractivity contribution in [2.45, 2.75) is 69.2 Å². The second kappa shape index (κ2) is 7.06. The zero-order valence-electron chi connectivity index (χ0n) is 14.3. The molecule has 0 radical (unpaired) electrons. The summed E-state index contributed by atoms with van der Waals surface area (Å²) in [7, 11) is -3.06. The first-order chi connectivity index (χ1) is 11.6. The molecular formula is C18H28N2O2S2. The molecule has 2 fully saturated rings. The molecule has 134 valence electrons. The molecule has 1 aliphatic carbocycles. The van der Waals surface area contributed by atoms with Gasteiger partial charge in [0.25, 0.3) is 0 Å². The number of hydrogen-bond donors (Lipinski definition) is 0. The van der Waals surface area contributed by atoms with Crippen LogP contribution in [0.4, 0.5) is 0 Å². The SMILES string of the molecule is O=S(=O)(C1CCCCC1)N1CCC(N2CCc3sccc3C2)CC1. The van der Waals surface area contributed by atoms with Gasteiger partial charge in [0.1, 0.15) is 0 Å². The van der Waals surface area contributed by atoms with Gasteiger partial charge in [0.05, 0.1) is 5.25 Å². The molecule has 0 spiro atoms. The average Bonchev–Trinajstić information content (AvgIpc) is 3.10. The Balaban J connectivity index is 1.35. The summed E-state index contributed by atoms with van der Waals surface area (Å²) in [5.74, 6) is 0. The maximum atomic E-state index is 12.9. The second-order valence-electron chi connectivity index (χ2n) is 7.52. The van der Waals surface area contributed by atoms with E-state index in [1.165, 1.54) is 12.0 Å². The molecule has 2 aliphatic heterocycles. The summed E-state index contributed by atoms with van der Waals surface area (Å²) in [6, 6.07) is 2.81. The maximum absolute atomic E-state index is 12.9. The van der Waals surface area contributed by atoms with E-state index in [4.69, 9.17) is 0 Å². The minimum absolute atomic E-state index is 0.105. The molecule has 1 saturated carbocycles. The minimum atomic E-state index is -3.06. The fourth-order valence-electron chi connectivity index (χ4n) is 4.62. The third-order valence-electron chi connectivity index (χ3n) is 6.11. The van der Waals surface area contributed by atoms with Crippen molar-refractivity contribution in [1.29, 1.82) is 0 Å². The van der Waals surface area contributed by atoms with Crippen LogP contribution in [0, 0.1) is 0 Å². The Hall–Kier alpha value is -0.430. The highest BCUT2D eigenvalue weighted by Gasteiger charge is 2.36. The molecule has 3 heterocycles. The summed E-state index contributed by atoms with van der Waals surface area (Å²) in [5, 5.41) is 2.10. The summed E-state index contributed by atoms with van der Waals surface area (Å²) in [6.07, 6.45) is 8.25. The number of fused-ring (bicyclic) bond motifs is 1. The zero-order chi connectivity index (χ0) is 16.6. The van der Waals surface area contributed by atoms with Crippen LogP contribution >= 0.6 is 11.3 Å². The molecule has 24 heavy (non-hydrogen) atoms. The zero-order valence-corrected chi connectivity index (χ0v) is 16.0. The van der Waals surface area contributed by atoms with Crippen molar-refractivity contribution in [3.63, 3.8) is 0 Å². The van der Waals surface area contributed by atoms with Crippen LogP contribution in [0.15, 0.2) is 11.4 Å². The molecular weight excluding hydrogens is 340 g/mol. The van der Waals surface area contributed by atoms with Crippen molar-refractivity contribution in [3.8, 4) is 0 Å². The lowest BCUT2D eigenvalue weighted by Gasteiger charge is -2.40. The summed E-state index contributed by atoms with van der Waals surface area (Å²) in [6.45, 7) is 3.62. The average molecular weight is 369 g/mol. The van der Waals surface area contributed by atoms with Crippen molar-refractivity contribution >= 4 is 21.4 Å². The van der Waals surface area contributed by atoms with E-state index in [2.05, 4.69) is 16.3 Å². The molecule has 1 aromatic rings. The predicted octanol–water partition coefficient (Wildman–Crippen LogP) is 3.23. The Bertz CT molecular complexity index is 656. The van der Waals surface area contributed by atoms with E-state index >= 15 is 0 Å². The topological polar surface area (TPSA) is 40.6 Å². The number of piperidine rings is 1. The van der Waals surface area contributed by atoms with Crippen LogP contribution in [0.25, 0.3) is 0 Å². The number of thiophene rings is 1. The van der Waals surface area contributed by atoms with Crippen LogP contribution in [0.5, 0.6) is 0 Å². The largest absolute Gasteiger partial charge is 0.296 e. The fourth-order valence-corrected chi connectivity index (χ4v) is 7.58. The molecule has 0 atom stereocenters. The van der Waals surface area contributed by atoms with Crippen molar-refractivity contribution in [3.05, 3.63) is 21.9 Å². The van der Waals surface area contributed by atoms with E-state index in [-0.39, 0.29) is 5.25 Å². The number of nitrogens with zero attached hydrogens (tertiary/aromatic N) is 2. The Morgan fingerprint density at radius 3 is 2.50 bits per heavy atom. The summed E-state index contributed by atoms with van der Waals surface area (Å²) >= 11 is 1.88. The van der Waals surface area contributed by atoms with Gasteiger partial charge in [-0.15, -0.1) is 11.3 Å². The van der Waals surface area contributed by atoms with Crippen LogP contribution in [0.2, 0.25) is 0 Å². The quantitative estimate of drug-likeness (QED) is 0.822. The Kier molecular flexibility index (Phi) is 5.00. The van der Waals surface area contributed by atoms with E-state index in [9.17, 15) is 8.42 Å². The lowest BCUT2D eigenvalue weighted by Crippen LogP contribution is -2.50. The van der Waals surface area contributed by atoms with Crippen LogP contribution < -0.4 is 0 Å². The van der Waals surface area contributed by atoms with Gasteiger partial charge in [-0.25, -0.2) is 12.7 Å². The second-order valence-corrected chi connectivity index (χ2v) is 10.7. The number of hydrogen-bond acceptors (Lipinski definition) is 4. The normalized spacial score (nSPS) is 25.7. The van der Waals surface area contributed by atoms with E-state index in [0.717, 1.165) is 71.1 Å². The van der Waals surface area contributed by atoms with Gasteiger partial charge in [-0.2, -0.15) is 0 Å². The smallest absolute Gasteiger partial charge is 0.216 e. The molecule has 4 nitrogen and oxygen atoms in total. The molecule has 0 aromatic carbocycles. The van der Waals surface area contributed by atoms with Crippen molar-refractivity contribution in [2.24, 2.45) is 0 Å². The van der Waals surface area contributed by atoms with Crippen LogP contribution in [0.3, 0.4) is 0 Å². The lowest BCUT2D eigenvalue weighted by atomic mass is 10.0. The maximum Gasteiger partial charge on any atom is 0.216 e. The van der Waals surface area contributed by atoms with Gasteiger partial charge in [-0.3, -0.25) is 4.90 Å². The summed E-state index contributed by atoms with van der Waals surface area (Å²) in [5.41, 5.74) is 1.49. The highest BCUT2D eigenvalue weighted by molar-refractivity contribution is 7.89. The molecule has 1 aromatic heterocycles. The molecule has 0 bridgehead atoms. The van der Waals surface area contributed by atoms with Gasteiger partial charge in [-0.1, -0.05) is 19.3 Å². The third kappa shape index (κ3) is 3.30. The fraction of sp³-hybridized carbons (Fsp3) is 0.778. The minimum Gasteiger partial charge on any atom is -0.296 e. The van der Waals surface area contributed by atoms with Gasteiger partial charge in [0, 0.05) is 37.1 Å². The van der Waals surface area contributed by atoms with Crippen LogP contribution in [-0.4, -0.2) is 48.5 Å². The molecule has 4 rings (SSSR count). The van der Waals surface area contributed by atoms with Crippen LogP contribution in [-0.2, 0) is 23.0 Å². The monoisotopic (exact) mass is 368 g/mol. The Morgan fingerprint density at radius 2 is 1.75 bits per heavy atom. The van der Waals surface area contributed by atoms with E-state index in [1.54, 1.807) is 9.18 Å². The Labute approximate surface area is 149 Å². The van der Waals surface area contributed by atoms with Crippen molar-refractivity contribution in [2.75, 3.05) is 19.6 Å². The van der Waals surface area contributed by atoms with Gasteiger partial charge in [0.15, 0.2) is 0 Å². The van der Waals surface area contributed by atoms with Gasteiger partial charge < -0.3 is 0 Å². The highest BCUT2D eigenvalue weighted by atomic mass is 32.2. The van der Waals surface area contributed by atoms with E-state index < -0.39 is 10.0 Å². The Morgan fingerprint density at radius 1 is 1.00 bits per heavy atom. The molecule has 0 unspecified atom stereocenters. The van der Waals surface area contributed by atoms with E-state index in [0.29, 0.717) is 6.04 Å². The predicted molar refractivity (Wildman–Crippen MR) is 98.8 cm³/mol. The van der Waals surface area contributed by atoms with Crippen LogP contribution in [0.1, 0.15) is 55.4 Å². The first kappa shape index (κ1) is 17.0. The van der Waals surface area contributed by atoms with Gasteiger partial charge in [-0.05, 0) is 49.1 Å². The first-order valence-corrected chi connectivity index (χ1v) is 11.8. The number of sulfonamides is 1. The molecule has 0 N–H and O–H groups in total. The summed E-state index contributed by atoms with van der Waals surface area (Å²) in [4.78, 5) is 4.13. The van der Waals surface area contributed by atoms with Crippen molar-refractivity contribution < 1.29 is 8.42 Å².